The summed E-state index contributed by atoms with van der Waals surface area (Å²) in [7, 11) is 3.34. The van der Waals surface area contributed by atoms with Gasteiger partial charge in [-0.1, -0.05) is 12.1 Å². The van der Waals surface area contributed by atoms with E-state index in [1.54, 1.807) is 26.4 Å². The third-order valence-corrected chi connectivity index (χ3v) is 5.66. The van der Waals surface area contributed by atoms with Gasteiger partial charge < -0.3 is 14.8 Å². The van der Waals surface area contributed by atoms with Crippen molar-refractivity contribution in [1.82, 2.24) is 10.2 Å². The zero-order valence-corrected chi connectivity index (χ0v) is 16.0. The van der Waals surface area contributed by atoms with Crippen LogP contribution in [0.4, 0.5) is 0 Å². The number of allylic oxidation sites excluding steroid dienone is 1. The molecule has 1 amide bonds. The van der Waals surface area contributed by atoms with Crippen LogP contribution in [-0.2, 0) is 11.2 Å². The van der Waals surface area contributed by atoms with Gasteiger partial charge in [-0.3, -0.25) is 9.69 Å². The summed E-state index contributed by atoms with van der Waals surface area (Å²) < 4.78 is 10.7. The monoisotopic (exact) mass is 358 g/mol. The molecule has 1 aromatic rings. The van der Waals surface area contributed by atoms with Gasteiger partial charge in [-0.15, -0.1) is 0 Å². The number of methoxy groups -OCH3 is 2. The molecule has 2 atom stereocenters. The summed E-state index contributed by atoms with van der Waals surface area (Å²) in [5.41, 5.74) is 1.27. The molecule has 0 aromatic heterocycles. The zero-order valence-electron chi connectivity index (χ0n) is 16.0. The highest BCUT2D eigenvalue weighted by atomic mass is 16.5. The van der Waals surface area contributed by atoms with Crippen molar-refractivity contribution in [2.75, 3.05) is 20.8 Å². The van der Waals surface area contributed by atoms with Gasteiger partial charge in [0.25, 0.3) is 0 Å². The van der Waals surface area contributed by atoms with Crippen molar-refractivity contribution in [1.29, 1.82) is 0 Å². The van der Waals surface area contributed by atoms with Crippen LogP contribution >= 0.6 is 0 Å². The number of rotatable bonds is 7. The molecule has 2 bridgehead atoms. The topological polar surface area (TPSA) is 50.8 Å². The smallest absolute Gasteiger partial charge is 0.243 e. The molecule has 2 unspecified atom stereocenters. The van der Waals surface area contributed by atoms with Crippen LogP contribution in [0.5, 0.6) is 11.5 Å². The van der Waals surface area contributed by atoms with Crippen LogP contribution < -0.4 is 14.8 Å². The molecule has 2 aliphatic rings. The molecular formula is C21H30N2O3. The van der Waals surface area contributed by atoms with E-state index >= 15 is 0 Å². The Hall–Kier alpha value is -2.01. The number of amides is 1. The maximum Gasteiger partial charge on any atom is 0.243 e. The number of carbonyl (C=O) groups is 1. The molecule has 0 radical (unpaired) electrons. The van der Waals surface area contributed by atoms with E-state index in [1.807, 2.05) is 13.0 Å². The van der Waals surface area contributed by atoms with Gasteiger partial charge >= 0.3 is 0 Å². The Morgan fingerprint density at radius 3 is 2.50 bits per heavy atom. The van der Waals surface area contributed by atoms with Gasteiger partial charge in [0.1, 0.15) is 0 Å². The lowest BCUT2D eigenvalue weighted by atomic mass is 9.96. The number of fused-ring (bicyclic) bond motifs is 2. The van der Waals surface area contributed by atoms with Crippen molar-refractivity contribution in [2.45, 2.75) is 57.2 Å². The van der Waals surface area contributed by atoms with E-state index in [2.05, 4.69) is 22.3 Å². The molecule has 2 fully saturated rings. The van der Waals surface area contributed by atoms with Crippen LogP contribution in [0.15, 0.2) is 30.4 Å². The van der Waals surface area contributed by atoms with Crippen molar-refractivity contribution in [3.8, 4) is 11.5 Å². The highest BCUT2D eigenvalue weighted by molar-refractivity contribution is 5.87. The van der Waals surface area contributed by atoms with Crippen molar-refractivity contribution in [2.24, 2.45) is 0 Å². The molecular weight excluding hydrogens is 328 g/mol. The quantitative estimate of drug-likeness (QED) is 0.762. The summed E-state index contributed by atoms with van der Waals surface area (Å²) in [5, 5.41) is 3.16. The fourth-order valence-corrected chi connectivity index (χ4v) is 4.45. The van der Waals surface area contributed by atoms with Crippen LogP contribution in [0.1, 0.15) is 38.2 Å². The number of nitrogens with one attached hydrogen (secondary N) is 1. The van der Waals surface area contributed by atoms with E-state index in [4.69, 9.17) is 9.47 Å². The van der Waals surface area contributed by atoms with Gasteiger partial charge in [0.15, 0.2) is 11.5 Å². The number of hydrogen-bond donors (Lipinski definition) is 1. The molecule has 5 heteroatoms. The Balaban J connectivity index is 1.56. The number of benzene rings is 1. The van der Waals surface area contributed by atoms with Gasteiger partial charge in [-0.25, -0.2) is 0 Å². The van der Waals surface area contributed by atoms with E-state index in [9.17, 15) is 4.79 Å². The normalized spacial score (nSPS) is 25.4. The van der Waals surface area contributed by atoms with Crippen molar-refractivity contribution in [3.63, 3.8) is 0 Å². The fourth-order valence-electron chi connectivity index (χ4n) is 4.45. The van der Waals surface area contributed by atoms with Gasteiger partial charge in [0.2, 0.25) is 5.91 Å². The minimum atomic E-state index is 0.0377. The van der Waals surface area contributed by atoms with E-state index < -0.39 is 0 Å². The summed E-state index contributed by atoms with van der Waals surface area (Å²) in [6.45, 7) is 2.93. The molecule has 0 spiro atoms. The molecule has 2 aliphatic heterocycles. The summed E-state index contributed by atoms with van der Waals surface area (Å²) >= 11 is 0. The minimum absolute atomic E-state index is 0.0377. The lowest BCUT2D eigenvalue weighted by Gasteiger charge is -2.39. The number of ether oxygens (including phenoxy) is 2. The van der Waals surface area contributed by atoms with Gasteiger partial charge in [-0.05, 0) is 62.8 Å². The first kappa shape index (κ1) is 18.8. The molecule has 0 saturated carbocycles. The molecule has 1 aromatic carbocycles. The van der Waals surface area contributed by atoms with E-state index in [-0.39, 0.29) is 5.91 Å². The Labute approximate surface area is 156 Å². The first-order chi connectivity index (χ1) is 12.6. The summed E-state index contributed by atoms with van der Waals surface area (Å²) in [6, 6.07) is 7.66. The summed E-state index contributed by atoms with van der Waals surface area (Å²) in [5.74, 6) is 1.60. The SMILES string of the molecule is CC=CC(=O)NC1CC2CCC(C1)N2CCc1ccc(OC)c(OC)c1. The number of piperidine rings is 1. The molecule has 2 heterocycles. The Bertz CT molecular complexity index is 645. The second-order valence-electron chi connectivity index (χ2n) is 7.24. The van der Waals surface area contributed by atoms with Crippen LogP contribution in [-0.4, -0.2) is 49.7 Å². The predicted octanol–water partition coefficient (Wildman–Crippen LogP) is 2.93. The molecule has 2 saturated heterocycles. The Kier molecular flexibility index (Phi) is 6.20. The van der Waals surface area contributed by atoms with Gasteiger partial charge in [-0.2, -0.15) is 0 Å². The van der Waals surface area contributed by atoms with Crippen LogP contribution in [0.2, 0.25) is 0 Å². The van der Waals surface area contributed by atoms with Crippen LogP contribution in [0, 0.1) is 0 Å². The van der Waals surface area contributed by atoms with Gasteiger partial charge in [0.05, 0.1) is 14.2 Å². The first-order valence-electron chi connectivity index (χ1n) is 9.54. The second-order valence-corrected chi connectivity index (χ2v) is 7.24. The fraction of sp³-hybridized carbons (Fsp3) is 0.571. The summed E-state index contributed by atoms with van der Waals surface area (Å²) in [6.07, 6.45) is 9.02. The second kappa shape index (κ2) is 8.58. The maximum absolute atomic E-state index is 11.8. The van der Waals surface area contributed by atoms with E-state index in [0.717, 1.165) is 37.3 Å². The third-order valence-electron chi connectivity index (χ3n) is 5.66. The van der Waals surface area contributed by atoms with Gasteiger partial charge in [0, 0.05) is 24.7 Å². The minimum Gasteiger partial charge on any atom is -0.493 e. The number of nitrogens with zero attached hydrogens (tertiary/aromatic N) is 1. The lowest BCUT2D eigenvalue weighted by molar-refractivity contribution is -0.117. The number of hydrogen-bond acceptors (Lipinski definition) is 4. The summed E-state index contributed by atoms with van der Waals surface area (Å²) in [4.78, 5) is 14.5. The highest BCUT2D eigenvalue weighted by Crippen LogP contribution is 2.36. The lowest BCUT2D eigenvalue weighted by Crippen LogP contribution is -2.50. The van der Waals surface area contributed by atoms with E-state index in [1.165, 1.54) is 18.4 Å². The molecule has 0 aliphatic carbocycles. The van der Waals surface area contributed by atoms with Crippen molar-refractivity contribution >= 4 is 5.91 Å². The maximum atomic E-state index is 11.8. The first-order valence-corrected chi connectivity index (χ1v) is 9.54. The molecule has 5 nitrogen and oxygen atoms in total. The molecule has 3 rings (SSSR count). The average molecular weight is 358 g/mol. The molecule has 1 N–H and O–H groups in total. The number of carbonyl (C=O) groups excluding carboxylic acids is 1. The highest BCUT2D eigenvalue weighted by Gasteiger charge is 2.40. The standard InChI is InChI=1S/C21H30N2O3/c1-4-5-21(24)22-16-13-17-7-8-18(14-16)23(17)11-10-15-6-9-19(25-2)20(12-15)26-3/h4-6,9,12,16-18H,7-8,10-11,13-14H2,1-3H3,(H,22,24). The Morgan fingerprint density at radius 2 is 1.88 bits per heavy atom. The van der Waals surface area contributed by atoms with Crippen molar-refractivity contribution in [3.05, 3.63) is 35.9 Å². The third kappa shape index (κ3) is 4.21. The largest absolute Gasteiger partial charge is 0.493 e. The molecule has 142 valence electrons. The van der Waals surface area contributed by atoms with Crippen molar-refractivity contribution < 1.29 is 14.3 Å². The predicted molar refractivity (Wildman–Crippen MR) is 103 cm³/mol. The molecule has 26 heavy (non-hydrogen) atoms. The zero-order chi connectivity index (χ0) is 18.5. The van der Waals surface area contributed by atoms with Crippen LogP contribution in [0.25, 0.3) is 0 Å². The van der Waals surface area contributed by atoms with Crippen LogP contribution in [0.3, 0.4) is 0 Å². The van der Waals surface area contributed by atoms with E-state index in [0.29, 0.717) is 18.1 Å². The average Bonchev–Trinajstić information content (AvgIpc) is 2.88. The Morgan fingerprint density at radius 1 is 1.19 bits per heavy atom.